The van der Waals surface area contributed by atoms with E-state index in [1.165, 1.54) is 0 Å². The zero-order valence-corrected chi connectivity index (χ0v) is 13.5. The first-order valence-electron chi connectivity index (χ1n) is 8.25. The third-order valence-electron chi connectivity index (χ3n) is 4.46. The van der Waals surface area contributed by atoms with Gasteiger partial charge < -0.3 is 24.9 Å². The zero-order valence-electron chi connectivity index (χ0n) is 13.5. The summed E-state index contributed by atoms with van der Waals surface area (Å²) in [6.45, 7) is -0.530. The number of nitrogens with one attached hydrogen (secondary N) is 1. The van der Waals surface area contributed by atoms with E-state index in [9.17, 15) is 14.7 Å². The van der Waals surface area contributed by atoms with Gasteiger partial charge in [0.05, 0.1) is 11.5 Å². The molecule has 1 aliphatic carbocycles. The number of carboxylic acid groups (broad SMARTS) is 1. The number of aliphatic carboxylic acids is 1. The van der Waals surface area contributed by atoms with Crippen molar-refractivity contribution in [3.8, 4) is 5.75 Å². The Labute approximate surface area is 145 Å². The number of para-hydroxylation sites is 2. The lowest BCUT2D eigenvalue weighted by atomic mass is 10.0. The van der Waals surface area contributed by atoms with Gasteiger partial charge in [-0.2, -0.15) is 0 Å². The maximum atomic E-state index is 13.0. The molecule has 1 atom stereocenters. The van der Waals surface area contributed by atoms with Gasteiger partial charge in [-0.1, -0.05) is 30.3 Å². The first kappa shape index (κ1) is 15.5. The van der Waals surface area contributed by atoms with Crippen molar-refractivity contribution in [3.63, 3.8) is 0 Å². The Morgan fingerprint density at radius 2 is 1.88 bits per heavy atom. The van der Waals surface area contributed by atoms with E-state index in [1.807, 2.05) is 41.3 Å². The zero-order chi connectivity index (χ0) is 17.4. The average molecular weight is 337 g/mol. The normalized spacial score (nSPS) is 19.1. The Kier molecular flexibility index (Phi) is 3.80. The number of carbonyl (C=O) groups is 2. The van der Waals surface area contributed by atoms with E-state index >= 15 is 0 Å². The van der Waals surface area contributed by atoms with Crippen molar-refractivity contribution in [1.82, 2.24) is 4.90 Å². The fourth-order valence-corrected chi connectivity index (χ4v) is 3.20. The predicted molar refractivity (Wildman–Crippen MR) is 88.9 cm³/mol. The molecule has 1 heterocycles. The Balaban J connectivity index is 1.74. The van der Waals surface area contributed by atoms with Gasteiger partial charge in [0.2, 0.25) is 0 Å². The third kappa shape index (κ3) is 2.91. The topological polar surface area (TPSA) is 81.7 Å². The average Bonchev–Trinajstić information content (AvgIpc) is 3.45. The highest BCUT2D eigenvalue weighted by Crippen LogP contribution is 2.42. The molecule has 4 rings (SSSR count). The van der Waals surface area contributed by atoms with Crippen LogP contribution in [0.5, 0.6) is 5.75 Å². The molecule has 1 aliphatic heterocycles. The highest BCUT2D eigenvalue weighted by atomic mass is 16.5. The Bertz CT molecular complexity index is 832. The summed E-state index contributed by atoms with van der Waals surface area (Å²) in [6, 6.07) is 14.8. The van der Waals surface area contributed by atoms with Crippen LogP contribution >= 0.6 is 0 Å². The fourth-order valence-electron chi connectivity index (χ4n) is 3.20. The fraction of sp³-hybridized carbons (Fsp3) is 0.263. The number of nitrogens with zero attached hydrogens (tertiary/aromatic N) is 1. The van der Waals surface area contributed by atoms with Gasteiger partial charge in [-0.15, -0.1) is 0 Å². The minimum Gasteiger partial charge on any atom is -0.546 e. The number of ether oxygens (including phenoxy) is 1. The molecule has 6 heteroatoms. The predicted octanol–water partition coefficient (Wildman–Crippen LogP) is 1.54. The van der Waals surface area contributed by atoms with Gasteiger partial charge in [-0.3, -0.25) is 4.79 Å². The van der Waals surface area contributed by atoms with E-state index in [-0.39, 0.29) is 11.9 Å². The number of rotatable bonds is 5. The summed E-state index contributed by atoms with van der Waals surface area (Å²) < 4.78 is 5.38. The van der Waals surface area contributed by atoms with Crippen molar-refractivity contribution < 1.29 is 19.4 Å². The standard InChI is InChI=1S/C19H18N2O4/c22-17(23)11-25-16-8-4-2-6-14(16)18-20-15-7-3-1-5-13(15)19(24)21(18)12-9-10-12/h1-8,12,18,20H,9-11H2,(H,22,23)/p-1/t18-/m1/s1. The van der Waals surface area contributed by atoms with E-state index in [0.717, 1.165) is 24.1 Å². The monoisotopic (exact) mass is 337 g/mol. The quantitative estimate of drug-likeness (QED) is 0.895. The summed E-state index contributed by atoms with van der Waals surface area (Å²) in [5, 5.41) is 14.1. The summed E-state index contributed by atoms with van der Waals surface area (Å²) in [6.07, 6.45) is 1.54. The second kappa shape index (κ2) is 6.12. The van der Waals surface area contributed by atoms with E-state index in [1.54, 1.807) is 12.1 Å². The minimum absolute atomic E-state index is 0.0171. The number of hydrogen-bond acceptors (Lipinski definition) is 5. The number of fused-ring (bicyclic) bond motifs is 1. The van der Waals surface area contributed by atoms with Gasteiger partial charge in [0.25, 0.3) is 5.91 Å². The van der Waals surface area contributed by atoms with Crippen molar-refractivity contribution >= 4 is 17.6 Å². The molecule has 0 radical (unpaired) electrons. The van der Waals surface area contributed by atoms with Gasteiger partial charge in [0, 0.05) is 17.3 Å². The van der Waals surface area contributed by atoms with Crippen LogP contribution in [0.15, 0.2) is 48.5 Å². The van der Waals surface area contributed by atoms with E-state index in [2.05, 4.69) is 5.32 Å². The maximum absolute atomic E-state index is 13.0. The lowest BCUT2D eigenvalue weighted by molar-refractivity contribution is -0.307. The highest BCUT2D eigenvalue weighted by molar-refractivity contribution is 6.02. The minimum atomic E-state index is -1.29. The van der Waals surface area contributed by atoms with Gasteiger partial charge in [-0.25, -0.2) is 0 Å². The highest BCUT2D eigenvalue weighted by Gasteiger charge is 2.42. The molecule has 1 amide bonds. The lowest BCUT2D eigenvalue weighted by Gasteiger charge is -2.39. The van der Waals surface area contributed by atoms with E-state index in [0.29, 0.717) is 11.3 Å². The summed E-state index contributed by atoms with van der Waals surface area (Å²) in [5.74, 6) is -0.870. The number of anilines is 1. The second-order valence-corrected chi connectivity index (χ2v) is 6.23. The lowest BCUT2D eigenvalue weighted by Crippen LogP contribution is -2.44. The Hall–Kier alpha value is -3.02. The van der Waals surface area contributed by atoms with Crippen molar-refractivity contribution in [2.45, 2.75) is 25.0 Å². The van der Waals surface area contributed by atoms with Crippen LogP contribution < -0.4 is 15.2 Å². The van der Waals surface area contributed by atoms with Crippen LogP contribution in [-0.4, -0.2) is 29.4 Å². The van der Waals surface area contributed by atoms with Crippen LogP contribution in [0.2, 0.25) is 0 Å². The summed E-state index contributed by atoms with van der Waals surface area (Å²) >= 11 is 0. The molecule has 1 N–H and O–H groups in total. The Morgan fingerprint density at radius 3 is 2.64 bits per heavy atom. The molecule has 2 aromatic rings. The molecule has 0 unspecified atom stereocenters. The van der Waals surface area contributed by atoms with E-state index in [4.69, 9.17) is 4.74 Å². The molecule has 2 aliphatic rings. The SMILES string of the molecule is O=C([O-])COc1ccccc1[C@@H]1Nc2ccccc2C(=O)N1C1CC1. The summed E-state index contributed by atoms with van der Waals surface area (Å²) in [4.78, 5) is 25.6. The van der Waals surface area contributed by atoms with Gasteiger partial charge in [-0.05, 0) is 31.0 Å². The van der Waals surface area contributed by atoms with Crippen molar-refractivity contribution in [2.75, 3.05) is 11.9 Å². The van der Waals surface area contributed by atoms with Crippen LogP contribution in [0.1, 0.15) is 34.9 Å². The smallest absolute Gasteiger partial charge is 0.258 e. The second-order valence-electron chi connectivity index (χ2n) is 6.23. The molecule has 0 aromatic heterocycles. The van der Waals surface area contributed by atoms with Gasteiger partial charge in [0.1, 0.15) is 18.5 Å². The van der Waals surface area contributed by atoms with Crippen LogP contribution in [-0.2, 0) is 4.79 Å². The maximum Gasteiger partial charge on any atom is 0.258 e. The molecule has 0 bridgehead atoms. The summed E-state index contributed by atoms with van der Waals surface area (Å²) in [7, 11) is 0. The summed E-state index contributed by atoms with van der Waals surface area (Å²) in [5.41, 5.74) is 2.15. The number of carboxylic acids is 1. The van der Waals surface area contributed by atoms with Crippen molar-refractivity contribution in [3.05, 3.63) is 59.7 Å². The first-order chi connectivity index (χ1) is 12.1. The van der Waals surface area contributed by atoms with Gasteiger partial charge in [0.15, 0.2) is 0 Å². The third-order valence-corrected chi connectivity index (χ3v) is 4.46. The van der Waals surface area contributed by atoms with Crippen LogP contribution in [0, 0.1) is 0 Å². The molecule has 128 valence electrons. The number of benzene rings is 2. The van der Waals surface area contributed by atoms with Crippen molar-refractivity contribution in [2.24, 2.45) is 0 Å². The van der Waals surface area contributed by atoms with E-state index < -0.39 is 18.7 Å². The Morgan fingerprint density at radius 1 is 1.16 bits per heavy atom. The molecule has 0 spiro atoms. The number of amides is 1. The van der Waals surface area contributed by atoms with Crippen LogP contribution in [0.25, 0.3) is 0 Å². The molecule has 0 saturated heterocycles. The number of carbonyl (C=O) groups excluding carboxylic acids is 2. The molecular weight excluding hydrogens is 320 g/mol. The first-order valence-corrected chi connectivity index (χ1v) is 8.25. The van der Waals surface area contributed by atoms with Gasteiger partial charge >= 0.3 is 0 Å². The van der Waals surface area contributed by atoms with Crippen molar-refractivity contribution in [1.29, 1.82) is 0 Å². The molecule has 6 nitrogen and oxygen atoms in total. The van der Waals surface area contributed by atoms with Crippen LogP contribution in [0.3, 0.4) is 0 Å². The molecule has 1 saturated carbocycles. The molecule has 2 aromatic carbocycles. The molecule has 1 fully saturated rings. The molecular formula is C19H17N2O4-. The molecule has 25 heavy (non-hydrogen) atoms. The van der Waals surface area contributed by atoms with Crippen LogP contribution in [0.4, 0.5) is 5.69 Å². The number of hydrogen-bond donors (Lipinski definition) is 1. The largest absolute Gasteiger partial charge is 0.546 e.